The van der Waals surface area contributed by atoms with Gasteiger partial charge in [-0.1, -0.05) is 20.8 Å². The van der Waals surface area contributed by atoms with Crippen LogP contribution in [0.1, 0.15) is 52.9 Å². The van der Waals surface area contributed by atoms with Crippen LogP contribution in [0.2, 0.25) is 0 Å². The molecule has 0 heterocycles. The van der Waals surface area contributed by atoms with E-state index in [1.807, 2.05) is 0 Å². The summed E-state index contributed by atoms with van der Waals surface area (Å²) >= 11 is 0. The van der Waals surface area contributed by atoms with E-state index < -0.39 is 5.97 Å². The molecule has 5 heteroatoms. The van der Waals surface area contributed by atoms with Crippen molar-refractivity contribution in [2.45, 2.75) is 52.9 Å². The zero-order valence-electron chi connectivity index (χ0n) is 13.0. The second-order valence-electron chi connectivity index (χ2n) is 5.85. The lowest BCUT2D eigenvalue weighted by Crippen LogP contribution is -2.26. The van der Waals surface area contributed by atoms with Gasteiger partial charge in [0.15, 0.2) is 0 Å². The molecule has 0 aromatic carbocycles. The van der Waals surface area contributed by atoms with Gasteiger partial charge >= 0.3 is 5.97 Å². The van der Waals surface area contributed by atoms with Gasteiger partial charge in [-0.05, 0) is 44.1 Å². The number of aliphatic carboxylic acids is 1. The lowest BCUT2D eigenvalue weighted by atomic mass is 9.88. The van der Waals surface area contributed by atoms with Crippen molar-refractivity contribution in [2.75, 3.05) is 13.1 Å². The highest BCUT2D eigenvalue weighted by atomic mass is 16.4. The van der Waals surface area contributed by atoms with Gasteiger partial charge in [0.1, 0.15) is 0 Å². The predicted molar refractivity (Wildman–Crippen MR) is 80.3 cm³/mol. The zero-order valence-corrected chi connectivity index (χ0v) is 13.0. The quantitative estimate of drug-likeness (QED) is 0.506. The molecule has 4 N–H and O–H groups in total. The van der Waals surface area contributed by atoms with E-state index in [1.165, 1.54) is 0 Å². The molecule has 1 amide bonds. The molecule has 5 nitrogen and oxygen atoms in total. The Bertz CT molecular complexity index is 293. The number of hydrogen-bond acceptors (Lipinski definition) is 3. The molecule has 2 unspecified atom stereocenters. The molecule has 0 saturated carbocycles. The van der Waals surface area contributed by atoms with Crippen molar-refractivity contribution in [3.63, 3.8) is 0 Å². The molecule has 0 rings (SSSR count). The largest absolute Gasteiger partial charge is 0.481 e. The Morgan fingerprint density at radius 2 is 1.80 bits per heavy atom. The number of nitrogens with two attached hydrogens (primary N) is 1. The minimum absolute atomic E-state index is 0.0515. The Hall–Kier alpha value is -1.10. The summed E-state index contributed by atoms with van der Waals surface area (Å²) in [6, 6.07) is 0. The van der Waals surface area contributed by atoms with Gasteiger partial charge in [-0.2, -0.15) is 0 Å². The number of carboxylic acids is 1. The number of rotatable bonds is 11. The first-order valence-corrected chi connectivity index (χ1v) is 7.58. The average Bonchev–Trinajstić information content (AvgIpc) is 2.38. The number of carboxylic acid groups (broad SMARTS) is 1. The topological polar surface area (TPSA) is 92.4 Å². The number of carbonyl (C=O) groups is 2. The van der Waals surface area contributed by atoms with Crippen LogP contribution in [0.5, 0.6) is 0 Å². The van der Waals surface area contributed by atoms with Crippen molar-refractivity contribution in [2.24, 2.45) is 23.5 Å². The highest BCUT2D eigenvalue weighted by molar-refractivity contribution is 5.75. The van der Waals surface area contributed by atoms with Crippen LogP contribution >= 0.6 is 0 Å². The maximum atomic E-state index is 11.7. The van der Waals surface area contributed by atoms with Crippen LogP contribution in [0.25, 0.3) is 0 Å². The van der Waals surface area contributed by atoms with Crippen molar-refractivity contribution in [3.05, 3.63) is 0 Å². The van der Waals surface area contributed by atoms with Gasteiger partial charge in [-0.25, -0.2) is 0 Å². The maximum absolute atomic E-state index is 11.7. The summed E-state index contributed by atoms with van der Waals surface area (Å²) in [7, 11) is 0. The van der Waals surface area contributed by atoms with Crippen molar-refractivity contribution < 1.29 is 14.7 Å². The van der Waals surface area contributed by atoms with Crippen molar-refractivity contribution in [3.8, 4) is 0 Å². The summed E-state index contributed by atoms with van der Waals surface area (Å²) in [5.74, 6) is -0.0316. The van der Waals surface area contributed by atoms with E-state index in [1.54, 1.807) is 6.92 Å². The zero-order chi connectivity index (χ0) is 15.5. The minimum Gasteiger partial charge on any atom is -0.481 e. The lowest BCUT2D eigenvalue weighted by Gasteiger charge is -2.19. The molecule has 0 radical (unpaired) electrons. The summed E-state index contributed by atoms with van der Waals surface area (Å²) in [4.78, 5) is 22.3. The lowest BCUT2D eigenvalue weighted by molar-refractivity contribution is -0.141. The molecule has 0 aliphatic carbocycles. The van der Waals surface area contributed by atoms with Crippen LogP contribution in [-0.4, -0.2) is 30.1 Å². The standard InChI is InChI=1S/C15H30N2O3/c1-11(2)13(8-9-16)6-7-14(18)17-10-4-5-12(3)15(19)20/h11-13H,4-10,16H2,1-3H3,(H,17,18)(H,19,20). The van der Waals surface area contributed by atoms with Gasteiger partial charge < -0.3 is 16.2 Å². The van der Waals surface area contributed by atoms with Gasteiger partial charge in [0.05, 0.1) is 5.92 Å². The summed E-state index contributed by atoms with van der Waals surface area (Å²) < 4.78 is 0. The van der Waals surface area contributed by atoms with E-state index >= 15 is 0 Å². The van der Waals surface area contributed by atoms with Gasteiger partial charge in [0.2, 0.25) is 5.91 Å². The third-order valence-electron chi connectivity index (χ3n) is 3.78. The maximum Gasteiger partial charge on any atom is 0.306 e. The molecule has 0 aliphatic heterocycles. The van der Waals surface area contributed by atoms with E-state index in [2.05, 4.69) is 19.2 Å². The average molecular weight is 286 g/mol. The third-order valence-corrected chi connectivity index (χ3v) is 3.78. The second-order valence-corrected chi connectivity index (χ2v) is 5.85. The Morgan fingerprint density at radius 3 is 2.30 bits per heavy atom. The smallest absolute Gasteiger partial charge is 0.306 e. The summed E-state index contributed by atoms with van der Waals surface area (Å²) in [5.41, 5.74) is 5.58. The van der Waals surface area contributed by atoms with Crippen molar-refractivity contribution in [1.82, 2.24) is 5.32 Å². The SMILES string of the molecule is CC(CCCNC(=O)CCC(CCN)C(C)C)C(=O)O. The van der Waals surface area contributed by atoms with E-state index in [0.717, 1.165) is 12.8 Å². The van der Waals surface area contributed by atoms with Gasteiger partial charge in [-0.15, -0.1) is 0 Å². The molecule has 20 heavy (non-hydrogen) atoms. The number of amides is 1. The molecule has 2 atom stereocenters. The van der Waals surface area contributed by atoms with Crippen LogP contribution in [0.15, 0.2) is 0 Å². The third kappa shape index (κ3) is 8.91. The van der Waals surface area contributed by atoms with E-state index in [9.17, 15) is 9.59 Å². The molecule has 0 aromatic heterocycles. The van der Waals surface area contributed by atoms with Crippen LogP contribution in [0, 0.1) is 17.8 Å². The molecule has 118 valence electrons. The first kappa shape index (κ1) is 18.9. The van der Waals surface area contributed by atoms with E-state index in [-0.39, 0.29) is 11.8 Å². The second kappa shape index (κ2) is 10.7. The van der Waals surface area contributed by atoms with Gasteiger partial charge in [-0.3, -0.25) is 9.59 Å². The first-order chi connectivity index (χ1) is 9.38. The number of hydrogen-bond donors (Lipinski definition) is 3. The Labute approximate surface area is 122 Å². The van der Waals surface area contributed by atoms with Crippen LogP contribution in [0.4, 0.5) is 0 Å². The first-order valence-electron chi connectivity index (χ1n) is 7.58. The van der Waals surface area contributed by atoms with Crippen LogP contribution in [-0.2, 0) is 9.59 Å². The Balaban J connectivity index is 3.75. The van der Waals surface area contributed by atoms with E-state index in [4.69, 9.17) is 10.8 Å². The highest BCUT2D eigenvalue weighted by Gasteiger charge is 2.14. The van der Waals surface area contributed by atoms with E-state index in [0.29, 0.717) is 44.2 Å². The summed E-state index contributed by atoms with van der Waals surface area (Å²) in [5, 5.41) is 11.6. The number of nitrogens with one attached hydrogen (secondary N) is 1. The molecule has 0 spiro atoms. The summed E-state index contributed by atoms with van der Waals surface area (Å²) in [6.07, 6.45) is 3.65. The van der Waals surface area contributed by atoms with Crippen LogP contribution < -0.4 is 11.1 Å². The Morgan fingerprint density at radius 1 is 1.15 bits per heavy atom. The molecule has 0 aliphatic rings. The van der Waals surface area contributed by atoms with Crippen LogP contribution in [0.3, 0.4) is 0 Å². The molecular formula is C15H30N2O3. The van der Waals surface area contributed by atoms with Crippen molar-refractivity contribution >= 4 is 11.9 Å². The Kier molecular flexibility index (Phi) is 10.1. The highest BCUT2D eigenvalue weighted by Crippen LogP contribution is 2.20. The molecular weight excluding hydrogens is 256 g/mol. The number of carbonyl (C=O) groups excluding carboxylic acids is 1. The monoisotopic (exact) mass is 286 g/mol. The molecule has 0 saturated heterocycles. The minimum atomic E-state index is -0.780. The normalized spacial score (nSPS) is 14.1. The summed E-state index contributed by atoms with van der Waals surface area (Å²) in [6.45, 7) is 7.22. The molecule has 0 bridgehead atoms. The fourth-order valence-corrected chi connectivity index (χ4v) is 2.19. The fraction of sp³-hybridized carbons (Fsp3) is 0.867. The van der Waals surface area contributed by atoms with Crippen molar-refractivity contribution in [1.29, 1.82) is 0 Å². The predicted octanol–water partition coefficient (Wildman–Crippen LogP) is 2.00. The van der Waals surface area contributed by atoms with Gasteiger partial charge in [0.25, 0.3) is 0 Å². The van der Waals surface area contributed by atoms with Gasteiger partial charge in [0, 0.05) is 13.0 Å². The molecule has 0 aromatic rings. The molecule has 0 fully saturated rings. The fourth-order valence-electron chi connectivity index (χ4n) is 2.19.